The molecule has 1 atom stereocenters. The Labute approximate surface area is 112 Å². The molecule has 0 radical (unpaired) electrons. The number of aromatic nitrogens is 2. The normalized spacial score (nSPS) is 19.6. The van der Waals surface area contributed by atoms with Gasteiger partial charge in [0.1, 0.15) is 5.76 Å². The van der Waals surface area contributed by atoms with Crippen molar-refractivity contribution in [2.24, 2.45) is 0 Å². The molecule has 3 heterocycles. The van der Waals surface area contributed by atoms with Crippen LogP contribution in [0.4, 0.5) is 5.82 Å². The van der Waals surface area contributed by atoms with Crippen molar-refractivity contribution >= 4 is 5.82 Å². The number of furan rings is 1. The third-order valence-corrected chi connectivity index (χ3v) is 3.45. The van der Waals surface area contributed by atoms with Crippen molar-refractivity contribution in [2.45, 2.75) is 25.4 Å². The Morgan fingerprint density at radius 1 is 1.37 bits per heavy atom. The van der Waals surface area contributed by atoms with Crippen molar-refractivity contribution in [1.29, 1.82) is 0 Å². The second-order valence-corrected chi connectivity index (χ2v) is 4.83. The van der Waals surface area contributed by atoms with Gasteiger partial charge in [-0.05, 0) is 37.1 Å². The molecular formula is C14H18N4O. The minimum atomic E-state index is 0.473. The predicted octanol–water partition coefficient (Wildman–Crippen LogP) is 1.83. The van der Waals surface area contributed by atoms with Crippen LogP contribution >= 0.6 is 0 Å². The number of nitrogens with one attached hydrogen (secondary N) is 1. The average molecular weight is 258 g/mol. The molecule has 1 unspecified atom stereocenters. The summed E-state index contributed by atoms with van der Waals surface area (Å²) in [5.74, 6) is 1.95. The lowest BCUT2D eigenvalue weighted by Gasteiger charge is -2.33. The smallest absolute Gasteiger partial charge is 0.151 e. The van der Waals surface area contributed by atoms with Crippen LogP contribution in [-0.2, 0) is 6.54 Å². The summed E-state index contributed by atoms with van der Waals surface area (Å²) in [5.41, 5.74) is 0. The molecule has 3 rings (SSSR count). The van der Waals surface area contributed by atoms with Crippen LogP contribution in [0.2, 0.25) is 0 Å². The SMILES string of the molecule is c1cnnc(N2CCCC(NCc3ccco3)C2)c1. The van der Waals surface area contributed by atoms with Gasteiger partial charge in [0.15, 0.2) is 5.82 Å². The number of nitrogens with zero attached hydrogens (tertiary/aromatic N) is 3. The molecule has 1 N–H and O–H groups in total. The lowest BCUT2D eigenvalue weighted by Crippen LogP contribution is -2.45. The summed E-state index contributed by atoms with van der Waals surface area (Å²) in [6, 6.07) is 8.34. The summed E-state index contributed by atoms with van der Waals surface area (Å²) in [6.07, 6.45) is 5.79. The molecule has 5 nitrogen and oxygen atoms in total. The number of rotatable bonds is 4. The first-order valence-electron chi connectivity index (χ1n) is 6.70. The Kier molecular flexibility index (Phi) is 3.74. The highest BCUT2D eigenvalue weighted by Crippen LogP contribution is 2.17. The standard InChI is InChI=1S/C14H18N4O/c1-6-14(17-16-7-1)18-8-2-4-12(11-18)15-10-13-5-3-9-19-13/h1,3,5-7,9,12,15H,2,4,8,10-11H2. The highest BCUT2D eigenvalue weighted by atomic mass is 16.3. The molecule has 2 aromatic rings. The van der Waals surface area contributed by atoms with Gasteiger partial charge in [0.2, 0.25) is 0 Å². The van der Waals surface area contributed by atoms with E-state index in [-0.39, 0.29) is 0 Å². The molecular weight excluding hydrogens is 240 g/mol. The van der Waals surface area contributed by atoms with Gasteiger partial charge in [-0.15, -0.1) is 5.10 Å². The zero-order valence-electron chi connectivity index (χ0n) is 10.8. The van der Waals surface area contributed by atoms with Crippen molar-refractivity contribution in [3.8, 4) is 0 Å². The molecule has 0 saturated carbocycles. The van der Waals surface area contributed by atoms with E-state index in [4.69, 9.17) is 4.42 Å². The molecule has 5 heteroatoms. The number of hydrogen-bond acceptors (Lipinski definition) is 5. The van der Waals surface area contributed by atoms with Crippen LogP contribution in [0.15, 0.2) is 41.1 Å². The summed E-state index contributed by atoms with van der Waals surface area (Å²) < 4.78 is 5.34. The first-order chi connectivity index (χ1) is 9.42. The van der Waals surface area contributed by atoms with Crippen LogP contribution in [0.5, 0.6) is 0 Å². The number of hydrogen-bond donors (Lipinski definition) is 1. The zero-order valence-corrected chi connectivity index (χ0v) is 10.8. The van der Waals surface area contributed by atoms with Crippen molar-refractivity contribution in [2.75, 3.05) is 18.0 Å². The fraction of sp³-hybridized carbons (Fsp3) is 0.429. The van der Waals surface area contributed by atoms with Crippen LogP contribution in [0.3, 0.4) is 0 Å². The fourth-order valence-corrected chi connectivity index (χ4v) is 2.47. The Morgan fingerprint density at radius 3 is 3.16 bits per heavy atom. The van der Waals surface area contributed by atoms with Crippen LogP contribution < -0.4 is 10.2 Å². The quantitative estimate of drug-likeness (QED) is 0.906. The predicted molar refractivity (Wildman–Crippen MR) is 72.8 cm³/mol. The van der Waals surface area contributed by atoms with Gasteiger partial charge >= 0.3 is 0 Å². The fourth-order valence-electron chi connectivity index (χ4n) is 2.47. The maximum Gasteiger partial charge on any atom is 0.151 e. The molecule has 0 aromatic carbocycles. The van der Waals surface area contributed by atoms with E-state index in [1.54, 1.807) is 12.5 Å². The van der Waals surface area contributed by atoms with Gasteiger partial charge in [0, 0.05) is 25.3 Å². The second-order valence-electron chi connectivity index (χ2n) is 4.83. The maximum atomic E-state index is 5.34. The Morgan fingerprint density at radius 2 is 2.37 bits per heavy atom. The van der Waals surface area contributed by atoms with E-state index in [2.05, 4.69) is 20.4 Å². The third-order valence-electron chi connectivity index (χ3n) is 3.45. The lowest BCUT2D eigenvalue weighted by atomic mass is 10.1. The van der Waals surface area contributed by atoms with Crippen molar-refractivity contribution in [3.05, 3.63) is 42.5 Å². The minimum absolute atomic E-state index is 0.473. The van der Waals surface area contributed by atoms with E-state index in [9.17, 15) is 0 Å². The van der Waals surface area contributed by atoms with E-state index in [0.29, 0.717) is 6.04 Å². The number of piperidine rings is 1. The van der Waals surface area contributed by atoms with Gasteiger partial charge in [0.25, 0.3) is 0 Å². The molecule has 1 aliphatic rings. The van der Waals surface area contributed by atoms with Gasteiger partial charge in [-0.1, -0.05) is 0 Å². The van der Waals surface area contributed by atoms with E-state index in [1.165, 1.54) is 12.8 Å². The molecule has 1 fully saturated rings. The van der Waals surface area contributed by atoms with Gasteiger partial charge in [-0.2, -0.15) is 5.10 Å². The third kappa shape index (κ3) is 3.12. The summed E-state index contributed by atoms with van der Waals surface area (Å²) in [5, 5.41) is 11.7. The summed E-state index contributed by atoms with van der Waals surface area (Å²) in [4.78, 5) is 2.29. The highest BCUT2D eigenvalue weighted by Gasteiger charge is 2.20. The summed E-state index contributed by atoms with van der Waals surface area (Å²) >= 11 is 0. The molecule has 0 amide bonds. The van der Waals surface area contributed by atoms with Gasteiger partial charge in [0.05, 0.1) is 12.8 Å². The molecule has 1 aliphatic heterocycles. The van der Waals surface area contributed by atoms with Crippen molar-refractivity contribution in [3.63, 3.8) is 0 Å². The van der Waals surface area contributed by atoms with E-state index in [0.717, 1.165) is 31.2 Å². The van der Waals surface area contributed by atoms with Crippen molar-refractivity contribution < 1.29 is 4.42 Å². The number of anilines is 1. The van der Waals surface area contributed by atoms with E-state index in [1.807, 2.05) is 24.3 Å². The summed E-state index contributed by atoms with van der Waals surface area (Å²) in [6.45, 7) is 2.81. The Balaban J connectivity index is 1.56. The Hall–Kier alpha value is -1.88. The largest absolute Gasteiger partial charge is 0.468 e. The van der Waals surface area contributed by atoms with Crippen LogP contribution in [0.1, 0.15) is 18.6 Å². The van der Waals surface area contributed by atoms with Crippen LogP contribution in [0, 0.1) is 0 Å². The maximum absolute atomic E-state index is 5.34. The molecule has 0 spiro atoms. The second kappa shape index (κ2) is 5.84. The van der Waals surface area contributed by atoms with Gasteiger partial charge in [-0.3, -0.25) is 0 Å². The van der Waals surface area contributed by atoms with Crippen LogP contribution in [-0.4, -0.2) is 29.3 Å². The molecule has 0 aliphatic carbocycles. The monoisotopic (exact) mass is 258 g/mol. The lowest BCUT2D eigenvalue weighted by molar-refractivity contribution is 0.393. The molecule has 2 aromatic heterocycles. The van der Waals surface area contributed by atoms with E-state index >= 15 is 0 Å². The highest BCUT2D eigenvalue weighted by molar-refractivity contribution is 5.37. The first-order valence-corrected chi connectivity index (χ1v) is 6.70. The Bertz CT molecular complexity index is 485. The van der Waals surface area contributed by atoms with E-state index < -0.39 is 0 Å². The van der Waals surface area contributed by atoms with Crippen molar-refractivity contribution in [1.82, 2.24) is 15.5 Å². The zero-order chi connectivity index (χ0) is 12.9. The molecule has 0 bridgehead atoms. The van der Waals surface area contributed by atoms with Gasteiger partial charge < -0.3 is 14.6 Å². The molecule has 1 saturated heterocycles. The first kappa shape index (κ1) is 12.2. The minimum Gasteiger partial charge on any atom is -0.468 e. The molecule has 19 heavy (non-hydrogen) atoms. The van der Waals surface area contributed by atoms with Gasteiger partial charge in [-0.25, -0.2) is 0 Å². The topological polar surface area (TPSA) is 54.2 Å². The summed E-state index contributed by atoms with van der Waals surface area (Å²) in [7, 11) is 0. The molecule has 100 valence electrons. The van der Waals surface area contributed by atoms with Crippen LogP contribution in [0.25, 0.3) is 0 Å². The average Bonchev–Trinajstić information content (AvgIpc) is 3.00.